The Labute approximate surface area is 182 Å². The lowest BCUT2D eigenvalue weighted by molar-refractivity contribution is 0.0996. The maximum Gasteiger partial charge on any atom is 0.279 e. The standard InChI is InChI=1S/C24H30N2O3S/c1-4-6-7-15-29-20-12-9-11-19(17-20)23(27)25-24-26(14-16-28-5-2)22-18(3)10-8-13-21(22)30-24/h8-13,17H,4-7,14-16H2,1-3H3. The summed E-state index contributed by atoms with van der Waals surface area (Å²) in [6.07, 6.45) is 3.31. The van der Waals surface area contributed by atoms with E-state index >= 15 is 0 Å². The molecule has 0 aliphatic heterocycles. The topological polar surface area (TPSA) is 52.8 Å². The molecule has 1 amide bonds. The first-order valence-corrected chi connectivity index (χ1v) is 11.4. The molecule has 0 atom stereocenters. The normalized spacial score (nSPS) is 11.9. The Morgan fingerprint density at radius 2 is 1.93 bits per heavy atom. The number of amides is 1. The lowest BCUT2D eigenvalue weighted by Gasteiger charge is -2.08. The van der Waals surface area contributed by atoms with Crippen molar-refractivity contribution in [1.29, 1.82) is 0 Å². The van der Waals surface area contributed by atoms with Crippen molar-refractivity contribution >= 4 is 27.5 Å². The number of carbonyl (C=O) groups is 1. The number of rotatable bonds is 10. The molecule has 5 nitrogen and oxygen atoms in total. The number of carbonyl (C=O) groups excluding carboxylic acids is 1. The van der Waals surface area contributed by atoms with Crippen LogP contribution in [0.4, 0.5) is 0 Å². The van der Waals surface area contributed by atoms with Gasteiger partial charge in [-0.1, -0.05) is 49.3 Å². The predicted octanol–water partition coefficient (Wildman–Crippen LogP) is 5.36. The average Bonchev–Trinajstić information content (AvgIpc) is 3.10. The van der Waals surface area contributed by atoms with E-state index in [9.17, 15) is 4.79 Å². The van der Waals surface area contributed by atoms with Crippen LogP contribution in [0.5, 0.6) is 5.75 Å². The molecule has 0 saturated heterocycles. The number of benzene rings is 2. The maximum absolute atomic E-state index is 12.9. The number of fused-ring (bicyclic) bond motifs is 1. The van der Waals surface area contributed by atoms with Crippen molar-refractivity contribution in [2.24, 2.45) is 4.99 Å². The van der Waals surface area contributed by atoms with Crippen LogP contribution >= 0.6 is 11.3 Å². The number of nitrogens with zero attached hydrogens (tertiary/aromatic N) is 2. The fourth-order valence-electron chi connectivity index (χ4n) is 3.31. The molecule has 0 unspecified atom stereocenters. The molecular weight excluding hydrogens is 396 g/mol. The predicted molar refractivity (Wildman–Crippen MR) is 122 cm³/mol. The van der Waals surface area contributed by atoms with Gasteiger partial charge < -0.3 is 14.0 Å². The molecule has 6 heteroatoms. The Morgan fingerprint density at radius 1 is 1.10 bits per heavy atom. The van der Waals surface area contributed by atoms with Crippen molar-refractivity contribution in [2.75, 3.05) is 19.8 Å². The number of hydrogen-bond donors (Lipinski definition) is 0. The fraction of sp³-hybridized carbons (Fsp3) is 0.417. The molecule has 0 aliphatic rings. The van der Waals surface area contributed by atoms with Gasteiger partial charge in [-0.3, -0.25) is 4.79 Å². The molecule has 30 heavy (non-hydrogen) atoms. The molecule has 0 saturated carbocycles. The van der Waals surface area contributed by atoms with Gasteiger partial charge in [0, 0.05) is 18.7 Å². The van der Waals surface area contributed by atoms with Gasteiger partial charge in [0.2, 0.25) is 0 Å². The molecule has 3 aromatic rings. The van der Waals surface area contributed by atoms with Crippen LogP contribution < -0.4 is 9.54 Å². The Balaban J connectivity index is 1.89. The quantitative estimate of drug-likeness (QED) is 0.410. The fourth-order valence-corrected chi connectivity index (χ4v) is 4.45. The van der Waals surface area contributed by atoms with Gasteiger partial charge in [-0.25, -0.2) is 0 Å². The highest BCUT2D eigenvalue weighted by Crippen LogP contribution is 2.21. The smallest absolute Gasteiger partial charge is 0.279 e. The molecule has 3 rings (SSSR count). The zero-order valence-corrected chi connectivity index (χ0v) is 18.8. The van der Waals surface area contributed by atoms with Crippen LogP contribution in [0.3, 0.4) is 0 Å². The van der Waals surface area contributed by atoms with E-state index in [0.29, 0.717) is 42.5 Å². The number of hydrogen-bond acceptors (Lipinski definition) is 4. The van der Waals surface area contributed by atoms with Crippen molar-refractivity contribution in [3.8, 4) is 5.75 Å². The Hall–Kier alpha value is -2.44. The monoisotopic (exact) mass is 426 g/mol. The minimum Gasteiger partial charge on any atom is -0.494 e. The van der Waals surface area contributed by atoms with Crippen molar-refractivity contribution in [3.63, 3.8) is 0 Å². The van der Waals surface area contributed by atoms with E-state index in [1.54, 1.807) is 12.1 Å². The van der Waals surface area contributed by atoms with Crippen molar-refractivity contribution < 1.29 is 14.3 Å². The summed E-state index contributed by atoms with van der Waals surface area (Å²) >= 11 is 1.53. The second-order valence-corrected chi connectivity index (χ2v) is 8.16. The second kappa shape index (κ2) is 11.1. The summed E-state index contributed by atoms with van der Waals surface area (Å²) in [6.45, 7) is 8.79. The van der Waals surface area contributed by atoms with E-state index in [-0.39, 0.29) is 5.91 Å². The van der Waals surface area contributed by atoms with Crippen LogP contribution in [0.15, 0.2) is 47.5 Å². The summed E-state index contributed by atoms with van der Waals surface area (Å²) in [7, 11) is 0. The van der Waals surface area contributed by atoms with Gasteiger partial charge in [-0.2, -0.15) is 4.99 Å². The number of para-hydroxylation sites is 1. The lowest BCUT2D eigenvalue weighted by Crippen LogP contribution is -2.20. The Kier molecular flexibility index (Phi) is 8.22. The molecule has 0 bridgehead atoms. The SMILES string of the molecule is CCCCCOc1cccc(C(=O)N=c2sc3cccc(C)c3n2CCOCC)c1. The van der Waals surface area contributed by atoms with E-state index in [2.05, 4.69) is 35.5 Å². The first kappa shape index (κ1) is 22.2. The minimum atomic E-state index is -0.261. The average molecular weight is 427 g/mol. The van der Waals surface area contributed by atoms with Crippen molar-refractivity contribution in [1.82, 2.24) is 4.57 Å². The highest BCUT2D eigenvalue weighted by Gasteiger charge is 2.11. The number of aromatic nitrogens is 1. The van der Waals surface area contributed by atoms with Gasteiger partial charge >= 0.3 is 0 Å². The summed E-state index contributed by atoms with van der Waals surface area (Å²) in [5, 5.41) is 0. The third-order valence-corrected chi connectivity index (χ3v) is 5.90. The van der Waals surface area contributed by atoms with Crippen LogP contribution in [0.25, 0.3) is 10.2 Å². The van der Waals surface area contributed by atoms with Gasteiger partial charge in [-0.15, -0.1) is 0 Å². The third kappa shape index (κ3) is 5.58. The highest BCUT2D eigenvalue weighted by atomic mass is 32.1. The van der Waals surface area contributed by atoms with E-state index in [4.69, 9.17) is 9.47 Å². The van der Waals surface area contributed by atoms with Crippen LogP contribution in [-0.2, 0) is 11.3 Å². The highest BCUT2D eigenvalue weighted by molar-refractivity contribution is 7.16. The minimum absolute atomic E-state index is 0.261. The number of unbranched alkanes of at least 4 members (excludes halogenated alkanes) is 2. The summed E-state index contributed by atoms with van der Waals surface area (Å²) in [4.78, 5) is 18.1. The molecular formula is C24H30N2O3S. The molecule has 0 N–H and O–H groups in total. The van der Waals surface area contributed by atoms with E-state index in [0.717, 1.165) is 35.0 Å². The lowest BCUT2D eigenvalue weighted by atomic mass is 10.2. The summed E-state index contributed by atoms with van der Waals surface area (Å²) in [5.74, 6) is 0.451. The largest absolute Gasteiger partial charge is 0.494 e. The summed E-state index contributed by atoms with van der Waals surface area (Å²) in [5.41, 5.74) is 2.81. The summed E-state index contributed by atoms with van der Waals surface area (Å²) < 4.78 is 14.5. The van der Waals surface area contributed by atoms with Gasteiger partial charge in [0.15, 0.2) is 4.80 Å². The molecule has 0 radical (unpaired) electrons. The van der Waals surface area contributed by atoms with Crippen LogP contribution in [0, 0.1) is 6.92 Å². The number of ether oxygens (including phenoxy) is 2. The first-order valence-electron chi connectivity index (χ1n) is 10.6. The Morgan fingerprint density at radius 3 is 2.73 bits per heavy atom. The van der Waals surface area contributed by atoms with Gasteiger partial charge in [0.05, 0.1) is 23.4 Å². The number of aryl methyl sites for hydroxylation is 1. The van der Waals surface area contributed by atoms with Gasteiger partial charge in [0.1, 0.15) is 5.75 Å². The van der Waals surface area contributed by atoms with Gasteiger partial charge in [-0.05, 0) is 50.1 Å². The van der Waals surface area contributed by atoms with Crippen molar-refractivity contribution in [3.05, 3.63) is 58.4 Å². The summed E-state index contributed by atoms with van der Waals surface area (Å²) in [6, 6.07) is 13.5. The van der Waals surface area contributed by atoms with Crippen molar-refractivity contribution in [2.45, 2.75) is 46.6 Å². The molecule has 1 aromatic heterocycles. The van der Waals surface area contributed by atoms with Crippen LogP contribution in [-0.4, -0.2) is 30.3 Å². The van der Waals surface area contributed by atoms with E-state index < -0.39 is 0 Å². The first-order chi connectivity index (χ1) is 14.6. The molecule has 160 valence electrons. The number of thiazole rings is 1. The second-order valence-electron chi connectivity index (χ2n) is 7.16. The van der Waals surface area contributed by atoms with Crippen LogP contribution in [0.1, 0.15) is 49.0 Å². The third-order valence-electron chi connectivity index (χ3n) is 4.86. The maximum atomic E-state index is 12.9. The molecule has 0 spiro atoms. The van der Waals surface area contributed by atoms with Crippen LogP contribution in [0.2, 0.25) is 0 Å². The molecule has 0 aliphatic carbocycles. The van der Waals surface area contributed by atoms with E-state index in [1.807, 2.05) is 25.1 Å². The molecule has 2 aromatic carbocycles. The zero-order chi connectivity index (χ0) is 21.3. The van der Waals surface area contributed by atoms with Gasteiger partial charge in [0.25, 0.3) is 5.91 Å². The molecule has 1 heterocycles. The zero-order valence-electron chi connectivity index (χ0n) is 18.0. The van der Waals surface area contributed by atoms with E-state index in [1.165, 1.54) is 11.3 Å². The molecule has 0 fully saturated rings. The Bertz CT molecular complexity index is 1050.